The van der Waals surface area contributed by atoms with E-state index in [2.05, 4.69) is 0 Å². The largest absolute Gasteiger partial charge is 0.477 e. The zero-order valence-corrected chi connectivity index (χ0v) is 8.34. The molecule has 0 atom stereocenters. The van der Waals surface area contributed by atoms with Gasteiger partial charge in [-0.1, -0.05) is 6.42 Å². The average molecular weight is 210 g/mol. The molecule has 0 aromatic carbocycles. The van der Waals surface area contributed by atoms with Gasteiger partial charge in [-0.25, -0.2) is 4.79 Å². The number of hydrogen-bond donors (Lipinski definition) is 1. The molecule has 1 N–H and O–H groups in total. The lowest BCUT2D eigenvalue weighted by atomic mass is 9.80. The summed E-state index contributed by atoms with van der Waals surface area (Å²) < 4.78 is 0. The van der Waals surface area contributed by atoms with Gasteiger partial charge >= 0.3 is 5.97 Å². The first kappa shape index (κ1) is 9.40. The molecule has 14 heavy (non-hydrogen) atoms. The van der Waals surface area contributed by atoms with Gasteiger partial charge in [0.1, 0.15) is 4.88 Å². The summed E-state index contributed by atoms with van der Waals surface area (Å²) in [5, 5.41) is 8.94. The Bertz CT molecular complexity index is 377. The van der Waals surface area contributed by atoms with Gasteiger partial charge in [0, 0.05) is 0 Å². The van der Waals surface area contributed by atoms with Crippen LogP contribution in [0.25, 0.3) is 0 Å². The number of rotatable bonds is 3. The fourth-order valence-electron chi connectivity index (χ4n) is 1.67. The highest BCUT2D eigenvalue weighted by molar-refractivity contribution is 7.15. The highest BCUT2D eigenvalue weighted by Crippen LogP contribution is 2.40. The molecule has 4 heteroatoms. The number of carboxylic acids is 1. The van der Waals surface area contributed by atoms with Crippen molar-refractivity contribution in [3.05, 3.63) is 21.4 Å². The van der Waals surface area contributed by atoms with Gasteiger partial charge in [-0.3, -0.25) is 4.79 Å². The van der Waals surface area contributed by atoms with Gasteiger partial charge in [0.05, 0.1) is 4.88 Å². The van der Waals surface area contributed by atoms with Crippen molar-refractivity contribution in [2.75, 3.05) is 0 Å². The van der Waals surface area contributed by atoms with Crippen molar-refractivity contribution < 1.29 is 14.7 Å². The lowest BCUT2D eigenvalue weighted by Gasteiger charge is -2.25. The quantitative estimate of drug-likeness (QED) is 0.780. The highest BCUT2D eigenvalue weighted by atomic mass is 32.1. The maximum Gasteiger partial charge on any atom is 0.346 e. The summed E-state index contributed by atoms with van der Waals surface area (Å²) in [6.07, 6.45) is 3.99. The summed E-state index contributed by atoms with van der Waals surface area (Å²) in [6.45, 7) is 0. The lowest BCUT2D eigenvalue weighted by Crippen LogP contribution is -2.11. The molecule has 0 unspecified atom stereocenters. The maximum atomic E-state index is 10.9. The second-order valence-corrected chi connectivity index (χ2v) is 4.57. The van der Waals surface area contributed by atoms with Crippen LogP contribution in [-0.2, 0) is 0 Å². The van der Waals surface area contributed by atoms with Gasteiger partial charge in [-0.2, -0.15) is 0 Å². The van der Waals surface area contributed by atoms with Crippen molar-refractivity contribution in [1.29, 1.82) is 0 Å². The SMILES string of the molecule is O=Cc1cc(C2CCC2)c(C(=O)O)s1. The molecular formula is C10H10O3S. The normalized spacial score (nSPS) is 16.3. The standard InChI is InChI=1S/C10H10O3S/c11-5-7-4-8(6-2-1-3-6)9(14-7)10(12)13/h4-6H,1-3H2,(H,12,13). The molecule has 1 fully saturated rings. The molecular weight excluding hydrogens is 200 g/mol. The smallest absolute Gasteiger partial charge is 0.346 e. The summed E-state index contributed by atoms with van der Waals surface area (Å²) in [5.41, 5.74) is 0.857. The molecule has 1 aromatic rings. The van der Waals surface area contributed by atoms with Crippen LogP contribution in [0.1, 0.15) is 50.1 Å². The third-order valence-corrected chi connectivity index (χ3v) is 3.70. The van der Waals surface area contributed by atoms with Crippen LogP contribution < -0.4 is 0 Å². The molecule has 1 saturated carbocycles. The minimum absolute atomic E-state index is 0.344. The van der Waals surface area contributed by atoms with Gasteiger partial charge in [0.15, 0.2) is 6.29 Å². The maximum absolute atomic E-state index is 10.9. The Balaban J connectivity index is 2.39. The molecule has 0 radical (unpaired) electrons. The van der Waals surface area contributed by atoms with Crippen molar-refractivity contribution in [3.8, 4) is 0 Å². The number of carbonyl (C=O) groups excluding carboxylic acids is 1. The van der Waals surface area contributed by atoms with E-state index in [1.807, 2.05) is 0 Å². The number of hydrogen-bond acceptors (Lipinski definition) is 3. The summed E-state index contributed by atoms with van der Waals surface area (Å²) in [6, 6.07) is 1.73. The second kappa shape index (κ2) is 3.53. The first-order valence-corrected chi connectivity index (χ1v) is 5.36. The van der Waals surface area contributed by atoms with Crippen LogP contribution in [0.4, 0.5) is 0 Å². The van der Waals surface area contributed by atoms with Crippen LogP contribution in [-0.4, -0.2) is 17.4 Å². The summed E-state index contributed by atoms with van der Waals surface area (Å²) in [7, 11) is 0. The van der Waals surface area contributed by atoms with Crippen LogP contribution in [0.3, 0.4) is 0 Å². The molecule has 2 rings (SSSR count). The molecule has 0 spiro atoms. The zero-order valence-electron chi connectivity index (χ0n) is 7.53. The third kappa shape index (κ3) is 1.46. The van der Waals surface area contributed by atoms with E-state index in [1.165, 1.54) is 0 Å². The molecule has 1 aromatic heterocycles. The summed E-state index contributed by atoms with van der Waals surface area (Å²) >= 11 is 1.08. The Labute approximate surface area is 85.4 Å². The minimum atomic E-state index is -0.912. The number of carbonyl (C=O) groups is 2. The molecule has 1 aliphatic rings. The van der Waals surface area contributed by atoms with Gasteiger partial charge < -0.3 is 5.11 Å². The molecule has 3 nitrogen and oxygen atoms in total. The molecule has 1 aliphatic carbocycles. The molecule has 0 aliphatic heterocycles. The van der Waals surface area contributed by atoms with Crippen LogP contribution in [0.2, 0.25) is 0 Å². The van der Waals surface area contributed by atoms with Crippen molar-refractivity contribution in [2.45, 2.75) is 25.2 Å². The Morgan fingerprint density at radius 2 is 2.29 bits per heavy atom. The third-order valence-electron chi connectivity index (χ3n) is 2.64. The minimum Gasteiger partial charge on any atom is -0.477 e. The van der Waals surface area contributed by atoms with Crippen molar-refractivity contribution >= 4 is 23.6 Å². The fourth-order valence-corrected chi connectivity index (χ4v) is 2.57. The first-order chi connectivity index (χ1) is 6.72. The van der Waals surface area contributed by atoms with E-state index in [0.29, 0.717) is 15.7 Å². The predicted molar refractivity (Wildman–Crippen MR) is 53.3 cm³/mol. The van der Waals surface area contributed by atoms with E-state index in [4.69, 9.17) is 5.11 Å². The van der Waals surface area contributed by atoms with Gasteiger partial charge in [0.2, 0.25) is 0 Å². The van der Waals surface area contributed by atoms with E-state index in [0.717, 1.165) is 42.4 Å². The number of thiophene rings is 1. The van der Waals surface area contributed by atoms with Crippen LogP contribution >= 0.6 is 11.3 Å². The monoisotopic (exact) mass is 210 g/mol. The van der Waals surface area contributed by atoms with E-state index in [1.54, 1.807) is 6.07 Å². The zero-order chi connectivity index (χ0) is 10.1. The Morgan fingerprint density at radius 3 is 2.71 bits per heavy atom. The van der Waals surface area contributed by atoms with Crippen LogP contribution in [0, 0.1) is 0 Å². The number of carboxylic acid groups (broad SMARTS) is 1. The van der Waals surface area contributed by atoms with Gasteiger partial charge in [-0.05, 0) is 30.4 Å². The average Bonchev–Trinajstić information content (AvgIpc) is 2.45. The summed E-state index contributed by atoms with van der Waals surface area (Å²) in [4.78, 5) is 22.3. The topological polar surface area (TPSA) is 54.4 Å². The van der Waals surface area contributed by atoms with Gasteiger partial charge in [0.25, 0.3) is 0 Å². The number of aromatic carboxylic acids is 1. The molecule has 1 heterocycles. The first-order valence-electron chi connectivity index (χ1n) is 4.54. The van der Waals surface area contributed by atoms with Gasteiger partial charge in [-0.15, -0.1) is 11.3 Å². The highest BCUT2D eigenvalue weighted by Gasteiger charge is 2.26. The van der Waals surface area contributed by atoms with E-state index in [9.17, 15) is 9.59 Å². The summed E-state index contributed by atoms with van der Waals surface area (Å²) in [5.74, 6) is -0.545. The van der Waals surface area contributed by atoms with E-state index >= 15 is 0 Å². The predicted octanol–water partition coefficient (Wildman–Crippen LogP) is 2.53. The number of aldehydes is 1. The fraction of sp³-hybridized carbons (Fsp3) is 0.400. The van der Waals surface area contributed by atoms with Crippen molar-refractivity contribution in [2.24, 2.45) is 0 Å². The van der Waals surface area contributed by atoms with Crippen molar-refractivity contribution in [3.63, 3.8) is 0 Å². The molecule has 0 bridgehead atoms. The Morgan fingerprint density at radius 1 is 1.57 bits per heavy atom. The molecule has 74 valence electrons. The van der Waals surface area contributed by atoms with E-state index < -0.39 is 5.97 Å². The van der Waals surface area contributed by atoms with Crippen LogP contribution in [0.5, 0.6) is 0 Å². The Hall–Kier alpha value is -1.16. The van der Waals surface area contributed by atoms with Crippen LogP contribution in [0.15, 0.2) is 6.07 Å². The van der Waals surface area contributed by atoms with Crippen molar-refractivity contribution in [1.82, 2.24) is 0 Å². The molecule has 0 saturated heterocycles. The molecule has 0 amide bonds. The second-order valence-electron chi connectivity index (χ2n) is 3.48. The Kier molecular flexibility index (Phi) is 2.37. The van der Waals surface area contributed by atoms with E-state index in [-0.39, 0.29) is 0 Å². The lowest BCUT2D eigenvalue weighted by molar-refractivity contribution is 0.0700.